The highest BCUT2D eigenvalue weighted by Crippen LogP contribution is 2.30. The van der Waals surface area contributed by atoms with Gasteiger partial charge in [0.2, 0.25) is 5.91 Å². The van der Waals surface area contributed by atoms with Crippen LogP contribution in [-0.2, 0) is 4.79 Å². The molecular weight excluding hydrogens is 339 g/mol. The van der Waals surface area contributed by atoms with Crippen LogP contribution in [0.4, 0.5) is 5.69 Å². The summed E-state index contributed by atoms with van der Waals surface area (Å²) >= 11 is 2.28. The van der Waals surface area contributed by atoms with E-state index in [1.807, 2.05) is 19.1 Å². The van der Waals surface area contributed by atoms with E-state index in [0.29, 0.717) is 0 Å². The van der Waals surface area contributed by atoms with Crippen LogP contribution in [0.1, 0.15) is 25.3 Å². The number of rotatable bonds is 2. The summed E-state index contributed by atoms with van der Waals surface area (Å²) in [5.74, 6) is 0.147. The molecule has 0 unspecified atom stereocenters. The minimum atomic E-state index is -0.235. The summed E-state index contributed by atoms with van der Waals surface area (Å²) in [4.78, 5) is 12.4. The fourth-order valence-electron chi connectivity index (χ4n) is 2.25. The second kappa shape index (κ2) is 5.57. The minimum absolute atomic E-state index is 0.147. The van der Waals surface area contributed by atoms with Gasteiger partial charge in [-0.05, 0) is 79.2 Å². The Morgan fingerprint density at radius 3 is 2.67 bits per heavy atom. The van der Waals surface area contributed by atoms with Gasteiger partial charge < -0.3 is 10.6 Å². The highest BCUT2D eigenvalue weighted by atomic mass is 127. The predicted octanol–water partition coefficient (Wildman–Crippen LogP) is 2.93. The molecule has 98 valence electrons. The lowest BCUT2D eigenvalue weighted by molar-refractivity contribution is -0.126. The van der Waals surface area contributed by atoms with Gasteiger partial charge in [-0.2, -0.15) is 0 Å². The number of carbonyl (C=O) groups excluding carboxylic acids is 1. The molecule has 0 radical (unpaired) electrons. The van der Waals surface area contributed by atoms with Crippen molar-refractivity contribution in [1.82, 2.24) is 5.32 Å². The van der Waals surface area contributed by atoms with E-state index in [-0.39, 0.29) is 11.3 Å². The molecular formula is C14H19IN2O. The number of hydrogen-bond acceptors (Lipinski definition) is 2. The molecule has 2 N–H and O–H groups in total. The Hall–Kier alpha value is -0.620. The zero-order chi connectivity index (χ0) is 13.2. The van der Waals surface area contributed by atoms with E-state index in [4.69, 9.17) is 0 Å². The van der Waals surface area contributed by atoms with Crippen molar-refractivity contribution in [1.29, 1.82) is 0 Å². The van der Waals surface area contributed by atoms with Crippen LogP contribution in [0, 0.1) is 15.9 Å². The lowest BCUT2D eigenvalue weighted by Crippen LogP contribution is -2.42. The standard InChI is InChI=1S/C14H19IN2O/c1-10-9-11(15)3-4-12(10)17-13(18)14(2)5-7-16-8-6-14/h3-4,9,16H,5-8H2,1-2H3,(H,17,18). The van der Waals surface area contributed by atoms with Crippen LogP contribution >= 0.6 is 22.6 Å². The van der Waals surface area contributed by atoms with E-state index >= 15 is 0 Å². The maximum Gasteiger partial charge on any atom is 0.230 e. The molecule has 2 rings (SSSR count). The highest BCUT2D eigenvalue weighted by molar-refractivity contribution is 14.1. The first-order valence-electron chi connectivity index (χ1n) is 6.30. The summed E-state index contributed by atoms with van der Waals surface area (Å²) < 4.78 is 1.19. The highest BCUT2D eigenvalue weighted by Gasteiger charge is 2.34. The summed E-state index contributed by atoms with van der Waals surface area (Å²) in [6, 6.07) is 6.09. The molecule has 0 aliphatic carbocycles. The predicted molar refractivity (Wildman–Crippen MR) is 82.7 cm³/mol. The molecule has 0 spiro atoms. The maximum absolute atomic E-state index is 12.4. The number of piperidine rings is 1. The first-order chi connectivity index (χ1) is 8.51. The molecule has 1 aliphatic heterocycles. The SMILES string of the molecule is Cc1cc(I)ccc1NC(=O)C1(C)CCNCC1. The molecule has 0 saturated carbocycles. The third kappa shape index (κ3) is 3.03. The summed E-state index contributed by atoms with van der Waals surface area (Å²) in [5, 5.41) is 6.37. The monoisotopic (exact) mass is 358 g/mol. The van der Waals surface area contributed by atoms with E-state index in [1.165, 1.54) is 3.57 Å². The number of carbonyl (C=O) groups is 1. The number of aryl methyl sites for hydroxylation is 1. The molecule has 1 amide bonds. The number of nitrogens with one attached hydrogen (secondary N) is 2. The fraction of sp³-hybridized carbons (Fsp3) is 0.500. The number of halogens is 1. The third-order valence-electron chi connectivity index (χ3n) is 3.69. The van der Waals surface area contributed by atoms with Crippen molar-refractivity contribution in [3.63, 3.8) is 0 Å². The Morgan fingerprint density at radius 2 is 2.06 bits per heavy atom. The summed E-state index contributed by atoms with van der Waals surface area (Å²) in [7, 11) is 0. The van der Waals surface area contributed by atoms with Gasteiger partial charge in [0.15, 0.2) is 0 Å². The van der Waals surface area contributed by atoms with Crippen molar-refractivity contribution < 1.29 is 4.79 Å². The van der Waals surface area contributed by atoms with Gasteiger partial charge in [0.05, 0.1) is 0 Å². The maximum atomic E-state index is 12.4. The van der Waals surface area contributed by atoms with Crippen molar-refractivity contribution in [2.45, 2.75) is 26.7 Å². The average molecular weight is 358 g/mol. The van der Waals surface area contributed by atoms with Crippen LogP contribution in [0.25, 0.3) is 0 Å². The van der Waals surface area contributed by atoms with Gasteiger partial charge in [-0.1, -0.05) is 6.92 Å². The van der Waals surface area contributed by atoms with Crippen molar-refractivity contribution >= 4 is 34.2 Å². The lowest BCUT2D eigenvalue weighted by atomic mass is 9.80. The largest absolute Gasteiger partial charge is 0.325 e. The molecule has 0 atom stereocenters. The Balaban J connectivity index is 2.11. The lowest BCUT2D eigenvalue weighted by Gasteiger charge is -2.32. The number of benzene rings is 1. The summed E-state index contributed by atoms with van der Waals surface area (Å²) in [5.41, 5.74) is 1.81. The van der Waals surface area contributed by atoms with Crippen molar-refractivity contribution in [3.8, 4) is 0 Å². The second-order valence-electron chi connectivity index (χ2n) is 5.22. The van der Waals surface area contributed by atoms with E-state index in [0.717, 1.165) is 37.2 Å². The Labute approximate surface area is 122 Å². The first kappa shape index (κ1) is 13.8. The molecule has 1 aromatic rings. The number of anilines is 1. The van der Waals surface area contributed by atoms with Gasteiger partial charge in [-0.3, -0.25) is 4.79 Å². The third-order valence-corrected chi connectivity index (χ3v) is 4.36. The Kier molecular flexibility index (Phi) is 4.27. The van der Waals surface area contributed by atoms with Crippen LogP contribution < -0.4 is 10.6 Å². The quantitative estimate of drug-likeness (QED) is 0.799. The molecule has 4 heteroatoms. The van der Waals surface area contributed by atoms with Gasteiger partial charge >= 0.3 is 0 Å². The molecule has 1 saturated heterocycles. The minimum Gasteiger partial charge on any atom is -0.325 e. The van der Waals surface area contributed by atoms with Gasteiger partial charge in [0.1, 0.15) is 0 Å². The zero-order valence-electron chi connectivity index (χ0n) is 10.8. The molecule has 3 nitrogen and oxygen atoms in total. The van der Waals surface area contributed by atoms with Crippen molar-refractivity contribution in [2.75, 3.05) is 18.4 Å². The van der Waals surface area contributed by atoms with Gasteiger partial charge in [0, 0.05) is 14.7 Å². The molecule has 1 aromatic carbocycles. The van der Waals surface area contributed by atoms with E-state index < -0.39 is 0 Å². The Morgan fingerprint density at radius 1 is 1.39 bits per heavy atom. The van der Waals surface area contributed by atoms with E-state index in [2.05, 4.69) is 46.2 Å². The van der Waals surface area contributed by atoms with Gasteiger partial charge in [-0.15, -0.1) is 0 Å². The van der Waals surface area contributed by atoms with Crippen molar-refractivity contribution in [3.05, 3.63) is 27.3 Å². The summed E-state index contributed by atoms with van der Waals surface area (Å²) in [6.45, 7) is 5.94. The smallest absolute Gasteiger partial charge is 0.230 e. The summed E-state index contributed by atoms with van der Waals surface area (Å²) in [6.07, 6.45) is 1.81. The molecule has 0 bridgehead atoms. The van der Waals surface area contributed by atoms with Gasteiger partial charge in [-0.25, -0.2) is 0 Å². The second-order valence-corrected chi connectivity index (χ2v) is 6.47. The zero-order valence-corrected chi connectivity index (χ0v) is 13.0. The average Bonchev–Trinajstić information content (AvgIpc) is 2.33. The van der Waals surface area contributed by atoms with Crippen LogP contribution in [0.3, 0.4) is 0 Å². The first-order valence-corrected chi connectivity index (χ1v) is 7.37. The molecule has 18 heavy (non-hydrogen) atoms. The van der Waals surface area contributed by atoms with Gasteiger partial charge in [0.25, 0.3) is 0 Å². The fourth-order valence-corrected chi connectivity index (χ4v) is 2.89. The molecule has 1 fully saturated rings. The number of amides is 1. The van der Waals surface area contributed by atoms with Crippen LogP contribution in [0.5, 0.6) is 0 Å². The van der Waals surface area contributed by atoms with Crippen LogP contribution in [0.15, 0.2) is 18.2 Å². The Bertz CT molecular complexity index is 453. The molecule has 1 aliphatic rings. The topological polar surface area (TPSA) is 41.1 Å². The van der Waals surface area contributed by atoms with Crippen molar-refractivity contribution in [2.24, 2.45) is 5.41 Å². The van der Waals surface area contributed by atoms with Crippen LogP contribution in [0.2, 0.25) is 0 Å². The molecule has 0 aromatic heterocycles. The molecule has 1 heterocycles. The van der Waals surface area contributed by atoms with E-state index in [9.17, 15) is 4.79 Å². The van der Waals surface area contributed by atoms with E-state index in [1.54, 1.807) is 0 Å². The normalized spacial score (nSPS) is 18.4. The number of hydrogen-bond donors (Lipinski definition) is 2. The van der Waals surface area contributed by atoms with Crippen LogP contribution in [-0.4, -0.2) is 19.0 Å².